The third-order valence-corrected chi connectivity index (χ3v) is 8.13. The molecule has 2 N–H and O–H groups in total. The van der Waals surface area contributed by atoms with Crippen LogP contribution >= 0.6 is 11.3 Å². The Hall–Kier alpha value is -2.82. The molecule has 1 aliphatic carbocycles. The second kappa shape index (κ2) is 10.8. The van der Waals surface area contributed by atoms with E-state index in [9.17, 15) is 17.2 Å². The molecule has 0 bridgehead atoms. The van der Waals surface area contributed by atoms with E-state index in [1.165, 1.54) is 24.4 Å². The number of thiazole rings is 1. The average molecular weight is 520 g/mol. The van der Waals surface area contributed by atoms with Crippen LogP contribution in [0.25, 0.3) is 5.57 Å². The average Bonchev–Trinajstić information content (AvgIpc) is 3.33. The Morgan fingerprint density at radius 3 is 2.66 bits per heavy atom. The molecule has 1 aromatic heterocycles. The highest BCUT2D eigenvalue weighted by Crippen LogP contribution is 2.35. The van der Waals surface area contributed by atoms with Gasteiger partial charge in [0.15, 0.2) is 5.13 Å². The van der Waals surface area contributed by atoms with Crippen molar-refractivity contribution in [3.05, 3.63) is 76.8 Å². The highest BCUT2D eigenvalue weighted by molar-refractivity contribution is 7.93. The fraction of sp³-hybridized carbons (Fsp3) is 0.320. The SMILES string of the molecule is CCNC1CCC=C(c2ccc(F)cc2)C1COc1cc(F)c(S(=O)(=O)Nc2nccs2)cc1C. The molecule has 0 saturated carbocycles. The number of aryl methyl sites for hydroxylation is 1. The Balaban J connectivity index is 1.56. The molecule has 2 aromatic carbocycles. The van der Waals surface area contributed by atoms with Crippen molar-refractivity contribution < 1.29 is 21.9 Å². The number of aromatic nitrogens is 1. The summed E-state index contributed by atoms with van der Waals surface area (Å²) in [6.07, 6.45) is 5.40. The summed E-state index contributed by atoms with van der Waals surface area (Å²) < 4.78 is 62.1. The molecule has 0 spiro atoms. The van der Waals surface area contributed by atoms with Crippen LogP contribution in [0.3, 0.4) is 0 Å². The summed E-state index contributed by atoms with van der Waals surface area (Å²) in [6, 6.07) is 8.88. The van der Waals surface area contributed by atoms with E-state index in [1.807, 2.05) is 6.92 Å². The number of nitrogens with one attached hydrogen (secondary N) is 2. The van der Waals surface area contributed by atoms with Crippen molar-refractivity contribution in [3.63, 3.8) is 0 Å². The van der Waals surface area contributed by atoms with E-state index in [0.29, 0.717) is 5.56 Å². The molecule has 3 aromatic rings. The zero-order valence-corrected chi connectivity index (χ0v) is 21.1. The molecule has 2 atom stereocenters. The Morgan fingerprint density at radius 2 is 1.97 bits per heavy atom. The van der Waals surface area contributed by atoms with Crippen molar-refractivity contribution in [1.82, 2.24) is 10.3 Å². The molecule has 0 amide bonds. The van der Waals surface area contributed by atoms with E-state index in [0.717, 1.165) is 47.9 Å². The van der Waals surface area contributed by atoms with Crippen LogP contribution in [0.15, 0.2) is 58.9 Å². The molecule has 1 aliphatic rings. The molecule has 35 heavy (non-hydrogen) atoms. The van der Waals surface area contributed by atoms with Crippen LogP contribution in [0, 0.1) is 24.5 Å². The first-order valence-electron chi connectivity index (χ1n) is 11.3. The van der Waals surface area contributed by atoms with Crippen molar-refractivity contribution in [1.29, 1.82) is 0 Å². The third-order valence-electron chi connectivity index (χ3n) is 5.96. The lowest BCUT2D eigenvalue weighted by molar-refractivity contribution is 0.234. The van der Waals surface area contributed by atoms with Crippen LogP contribution in [0.1, 0.15) is 30.9 Å². The number of nitrogens with zero attached hydrogens (tertiary/aromatic N) is 1. The monoisotopic (exact) mass is 519 g/mol. The molecular weight excluding hydrogens is 492 g/mol. The van der Waals surface area contributed by atoms with Gasteiger partial charge in [0.2, 0.25) is 0 Å². The predicted molar refractivity (Wildman–Crippen MR) is 134 cm³/mol. The van der Waals surface area contributed by atoms with Crippen molar-refractivity contribution in [3.8, 4) is 5.75 Å². The summed E-state index contributed by atoms with van der Waals surface area (Å²) in [6.45, 7) is 4.75. The van der Waals surface area contributed by atoms with Crippen molar-refractivity contribution in [2.75, 3.05) is 17.9 Å². The van der Waals surface area contributed by atoms with Gasteiger partial charge in [0.1, 0.15) is 22.3 Å². The number of benzene rings is 2. The van der Waals surface area contributed by atoms with E-state index in [-0.39, 0.29) is 35.3 Å². The van der Waals surface area contributed by atoms with Crippen LogP contribution in [0.5, 0.6) is 5.75 Å². The van der Waals surface area contributed by atoms with Gasteiger partial charge in [-0.1, -0.05) is 25.1 Å². The van der Waals surface area contributed by atoms with E-state index >= 15 is 0 Å². The van der Waals surface area contributed by atoms with E-state index in [4.69, 9.17) is 4.74 Å². The standard InChI is InChI=1S/C25H27F2N3O3S2/c1-3-28-22-6-4-5-19(17-7-9-18(26)10-8-17)20(22)15-33-23-14-21(27)24(13-16(23)2)35(31,32)30-25-29-11-12-34-25/h5,7-14,20,22,28H,3-4,6,15H2,1-2H3,(H,29,30). The number of sulfonamides is 1. The molecule has 10 heteroatoms. The first-order chi connectivity index (χ1) is 16.8. The lowest BCUT2D eigenvalue weighted by atomic mass is 9.80. The number of hydrogen-bond donors (Lipinski definition) is 2. The summed E-state index contributed by atoms with van der Waals surface area (Å²) in [5, 5.41) is 5.28. The third kappa shape index (κ3) is 5.88. The highest BCUT2D eigenvalue weighted by atomic mass is 32.2. The maximum atomic E-state index is 14.9. The summed E-state index contributed by atoms with van der Waals surface area (Å²) in [5.41, 5.74) is 2.46. The van der Waals surface area contributed by atoms with Crippen LogP contribution in [-0.4, -0.2) is 32.6 Å². The van der Waals surface area contributed by atoms with Gasteiger partial charge in [-0.2, -0.15) is 0 Å². The van der Waals surface area contributed by atoms with Crippen LogP contribution in [-0.2, 0) is 10.0 Å². The van der Waals surface area contributed by atoms with Gasteiger partial charge < -0.3 is 10.1 Å². The maximum Gasteiger partial charge on any atom is 0.266 e. The lowest BCUT2D eigenvalue weighted by Crippen LogP contribution is -2.41. The highest BCUT2D eigenvalue weighted by Gasteiger charge is 2.30. The fourth-order valence-corrected chi connectivity index (χ4v) is 6.23. The molecule has 4 rings (SSSR count). The van der Waals surface area contributed by atoms with Gasteiger partial charge in [0, 0.05) is 29.6 Å². The molecule has 1 heterocycles. The van der Waals surface area contributed by atoms with E-state index in [2.05, 4.69) is 21.1 Å². The fourth-order valence-electron chi connectivity index (χ4n) is 4.30. The largest absolute Gasteiger partial charge is 0.493 e. The van der Waals surface area contributed by atoms with Gasteiger partial charge in [-0.15, -0.1) is 11.3 Å². The Kier molecular flexibility index (Phi) is 7.83. The van der Waals surface area contributed by atoms with Crippen molar-refractivity contribution in [2.24, 2.45) is 5.92 Å². The van der Waals surface area contributed by atoms with Gasteiger partial charge in [0.25, 0.3) is 10.0 Å². The molecule has 2 unspecified atom stereocenters. The predicted octanol–water partition coefficient (Wildman–Crippen LogP) is 5.38. The number of anilines is 1. The Bertz CT molecular complexity index is 1290. The van der Waals surface area contributed by atoms with Crippen molar-refractivity contribution >= 4 is 32.1 Å². The van der Waals surface area contributed by atoms with E-state index < -0.39 is 20.7 Å². The van der Waals surface area contributed by atoms with Gasteiger partial charge in [-0.05, 0) is 61.2 Å². The summed E-state index contributed by atoms with van der Waals surface area (Å²) in [4.78, 5) is 3.42. The molecule has 0 aliphatic heterocycles. The number of hydrogen-bond acceptors (Lipinski definition) is 6. The molecule has 6 nitrogen and oxygen atoms in total. The molecule has 0 fully saturated rings. The number of rotatable bonds is 9. The van der Waals surface area contributed by atoms with E-state index in [1.54, 1.807) is 24.4 Å². The van der Waals surface area contributed by atoms with Crippen LogP contribution in [0.4, 0.5) is 13.9 Å². The van der Waals surface area contributed by atoms with Gasteiger partial charge >= 0.3 is 0 Å². The van der Waals surface area contributed by atoms with Gasteiger partial charge in [-0.25, -0.2) is 22.2 Å². The topological polar surface area (TPSA) is 80.3 Å². The number of halogens is 2. The molecule has 186 valence electrons. The molecule has 0 radical (unpaired) electrons. The first-order valence-corrected chi connectivity index (χ1v) is 13.7. The molecule has 0 saturated heterocycles. The summed E-state index contributed by atoms with van der Waals surface area (Å²) in [7, 11) is -4.14. The minimum Gasteiger partial charge on any atom is -0.493 e. The van der Waals surface area contributed by atoms with Gasteiger partial charge in [-0.3, -0.25) is 4.72 Å². The smallest absolute Gasteiger partial charge is 0.266 e. The number of allylic oxidation sites excluding steroid dienone is 1. The first kappa shape index (κ1) is 25.3. The minimum atomic E-state index is -4.14. The normalized spacial score (nSPS) is 18.2. The maximum absolute atomic E-state index is 14.9. The summed E-state index contributed by atoms with van der Waals surface area (Å²) >= 11 is 1.10. The molecular formula is C25H27F2N3O3S2. The second-order valence-corrected chi connectivity index (χ2v) is 10.9. The zero-order chi connectivity index (χ0) is 25.0. The summed E-state index contributed by atoms with van der Waals surface area (Å²) in [5.74, 6) is -0.982. The van der Waals surface area contributed by atoms with Gasteiger partial charge in [0.05, 0.1) is 6.61 Å². The van der Waals surface area contributed by atoms with Crippen LogP contribution < -0.4 is 14.8 Å². The Labute approximate surface area is 208 Å². The Morgan fingerprint density at radius 1 is 1.20 bits per heavy atom. The zero-order valence-electron chi connectivity index (χ0n) is 19.4. The number of ether oxygens (including phenoxy) is 1. The lowest BCUT2D eigenvalue weighted by Gasteiger charge is -2.33. The van der Waals surface area contributed by atoms with Crippen molar-refractivity contribution in [2.45, 2.75) is 37.6 Å². The van der Waals surface area contributed by atoms with Crippen LogP contribution in [0.2, 0.25) is 0 Å². The minimum absolute atomic E-state index is 0.0494. The second-order valence-electron chi connectivity index (χ2n) is 8.32. The quantitative estimate of drug-likeness (QED) is 0.397.